The summed E-state index contributed by atoms with van der Waals surface area (Å²) in [6.07, 6.45) is 1.92. The second-order valence-electron chi connectivity index (χ2n) is 4.30. The molecule has 0 spiro atoms. The van der Waals surface area contributed by atoms with Crippen LogP contribution in [-0.4, -0.2) is 37.7 Å². The number of nitrogens with two attached hydrogens (primary N) is 1. The van der Waals surface area contributed by atoms with Gasteiger partial charge >= 0.3 is 0 Å². The van der Waals surface area contributed by atoms with Crippen LogP contribution in [0.4, 0.5) is 0 Å². The molecule has 0 aliphatic carbocycles. The highest BCUT2D eigenvalue weighted by Gasteiger charge is 2.19. The molecule has 6 nitrogen and oxygen atoms in total. The second-order valence-corrected chi connectivity index (χ2v) is 6.66. The monoisotopic (exact) mass is 294 g/mol. The molecule has 0 fully saturated rings. The summed E-state index contributed by atoms with van der Waals surface area (Å²) in [5.74, 6) is 1.07. The van der Waals surface area contributed by atoms with Crippen molar-refractivity contribution in [2.24, 2.45) is 5.14 Å². The highest BCUT2D eigenvalue weighted by molar-refractivity contribution is 7.98. The maximum Gasteiger partial charge on any atom is 0.271 e. The molecule has 4 N–H and O–H groups in total. The van der Waals surface area contributed by atoms with E-state index in [9.17, 15) is 13.5 Å². The van der Waals surface area contributed by atoms with Gasteiger partial charge in [-0.3, -0.25) is 0 Å². The highest BCUT2D eigenvalue weighted by atomic mass is 32.2. The number of aliphatic hydroxyl groups is 1. The molecule has 1 heterocycles. The lowest BCUT2D eigenvalue weighted by Gasteiger charge is -2.22. The van der Waals surface area contributed by atoms with Gasteiger partial charge in [0.2, 0.25) is 5.09 Å². The molecule has 0 aliphatic rings. The Labute approximate surface area is 111 Å². The lowest BCUT2D eigenvalue weighted by molar-refractivity contribution is 0.0839. The van der Waals surface area contributed by atoms with Crippen LogP contribution in [0.5, 0.6) is 0 Å². The fraction of sp³-hybridized carbons (Fsp3) is 0.600. The maximum absolute atomic E-state index is 11.0. The van der Waals surface area contributed by atoms with Crippen LogP contribution in [0.1, 0.15) is 12.7 Å². The summed E-state index contributed by atoms with van der Waals surface area (Å²) in [6.45, 7) is 2.45. The standard InChI is InChI=1S/C10H18N2O4S2/c1-10(13,7-17-2)6-12-5-8-3-4-9(16-8)18(11,14)15/h3-4,12-13H,5-7H2,1-2H3,(H2,11,14,15). The molecule has 8 heteroatoms. The van der Waals surface area contributed by atoms with E-state index in [1.165, 1.54) is 12.1 Å². The minimum absolute atomic E-state index is 0.254. The molecule has 104 valence electrons. The first-order valence-corrected chi connectivity index (χ1v) is 8.22. The molecular weight excluding hydrogens is 276 g/mol. The van der Waals surface area contributed by atoms with Crippen molar-refractivity contribution in [2.75, 3.05) is 18.6 Å². The van der Waals surface area contributed by atoms with E-state index in [0.717, 1.165) is 0 Å². The number of sulfonamides is 1. The Morgan fingerprint density at radius 3 is 2.72 bits per heavy atom. The zero-order valence-corrected chi connectivity index (χ0v) is 12.0. The van der Waals surface area contributed by atoms with E-state index in [-0.39, 0.29) is 5.09 Å². The zero-order chi connectivity index (χ0) is 13.8. The minimum Gasteiger partial charge on any atom is -0.447 e. The fourth-order valence-electron chi connectivity index (χ4n) is 1.42. The fourth-order valence-corrected chi connectivity index (χ4v) is 2.63. The Morgan fingerprint density at radius 1 is 1.56 bits per heavy atom. The molecule has 18 heavy (non-hydrogen) atoms. The van der Waals surface area contributed by atoms with Gasteiger partial charge in [-0.25, -0.2) is 13.6 Å². The topological polar surface area (TPSA) is 106 Å². The number of primary sulfonamides is 1. The predicted octanol–water partition coefficient (Wildman–Crippen LogP) is 0.131. The molecule has 0 radical (unpaired) electrons. The first-order chi connectivity index (χ1) is 8.24. The van der Waals surface area contributed by atoms with Crippen LogP contribution in [-0.2, 0) is 16.6 Å². The number of furan rings is 1. The number of hydrogen-bond acceptors (Lipinski definition) is 6. The van der Waals surface area contributed by atoms with Crippen LogP contribution in [0.3, 0.4) is 0 Å². The summed E-state index contributed by atoms with van der Waals surface area (Å²) < 4.78 is 27.0. The van der Waals surface area contributed by atoms with Gasteiger partial charge in [0, 0.05) is 12.3 Å². The van der Waals surface area contributed by atoms with E-state index >= 15 is 0 Å². The largest absolute Gasteiger partial charge is 0.447 e. The summed E-state index contributed by atoms with van der Waals surface area (Å²) in [7, 11) is -3.79. The predicted molar refractivity (Wildman–Crippen MR) is 70.8 cm³/mol. The van der Waals surface area contributed by atoms with Crippen LogP contribution >= 0.6 is 11.8 Å². The first-order valence-electron chi connectivity index (χ1n) is 5.28. The van der Waals surface area contributed by atoms with Crippen molar-refractivity contribution in [3.05, 3.63) is 17.9 Å². The molecule has 1 rings (SSSR count). The smallest absolute Gasteiger partial charge is 0.271 e. The number of thioether (sulfide) groups is 1. The summed E-state index contributed by atoms with van der Waals surface area (Å²) >= 11 is 1.55. The Balaban J connectivity index is 2.48. The average Bonchev–Trinajstić information content (AvgIpc) is 2.65. The van der Waals surface area contributed by atoms with Crippen molar-refractivity contribution in [2.45, 2.75) is 24.2 Å². The van der Waals surface area contributed by atoms with Crippen molar-refractivity contribution < 1.29 is 17.9 Å². The van der Waals surface area contributed by atoms with Crippen LogP contribution in [0.25, 0.3) is 0 Å². The van der Waals surface area contributed by atoms with Gasteiger partial charge < -0.3 is 14.8 Å². The molecule has 0 bridgehead atoms. The molecule has 0 aliphatic heterocycles. The highest BCUT2D eigenvalue weighted by Crippen LogP contribution is 2.13. The summed E-state index contributed by atoms with van der Waals surface area (Å²) in [4.78, 5) is 0. The SMILES string of the molecule is CSCC(C)(O)CNCc1ccc(S(N)(=O)=O)o1. The van der Waals surface area contributed by atoms with E-state index in [2.05, 4.69) is 5.32 Å². The van der Waals surface area contributed by atoms with Gasteiger partial charge in [-0.1, -0.05) is 0 Å². The van der Waals surface area contributed by atoms with Crippen LogP contribution < -0.4 is 10.5 Å². The van der Waals surface area contributed by atoms with E-state index < -0.39 is 15.6 Å². The third kappa shape index (κ3) is 4.99. The zero-order valence-electron chi connectivity index (χ0n) is 10.3. The van der Waals surface area contributed by atoms with Crippen molar-refractivity contribution in [3.8, 4) is 0 Å². The van der Waals surface area contributed by atoms with Gasteiger partial charge in [-0.05, 0) is 25.3 Å². The lowest BCUT2D eigenvalue weighted by Crippen LogP contribution is -2.39. The van der Waals surface area contributed by atoms with E-state index in [1.807, 2.05) is 6.26 Å². The van der Waals surface area contributed by atoms with E-state index in [1.54, 1.807) is 18.7 Å². The molecule has 0 aromatic carbocycles. The Bertz CT molecular complexity index is 482. The van der Waals surface area contributed by atoms with Crippen molar-refractivity contribution >= 4 is 21.8 Å². The first kappa shape index (κ1) is 15.5. The van der Waals surface area contributed by atoms with Gasteiger partial charge in [-0.2, -0.15) is 11.8 Å². The maximum atomic E-state index is 11.0. The Hall–Kier alpha value is -0.540. The number of rotatable bonds is 7. The Kier molecular flexibility index (Phi) is 5.23. The third-order valence-electron chi connectivity index (χ3n) is 2.18. The summed E-state index contributed by atoms with van der Waals surface area (Å²) in [5, 5.41) is 17.6. The summed E-state index contributed by atoms with van der Waals surface area (Å²) in [6, 6.07) is 2.85. The molecular formula is C10H18N2O4S2. The second kappa shape index (κ2) is 6.07. The minimum atomic E-state index is -3.79. The molecule has 1 atom stereocenters. The summed E-state index contributed by atoms with van der Waals surface area (Å²) in [5.41, 5.74) is -0.811. The van der Waals surface area contributed by atoms with Gasteiger partial charge in [0.25, 0.3) is 10.0 Å². The molecule has 0 saturated heterocycles. The Morgan fingerprint density at radius 2 is 2.22 bits per heavy atom. The van der Waals surface area contributed by atoms with Crippen molar-refractivity contribution in [3.63, 3.8) is 0 Å². The molecule has 1 unspecified atom stereocenters. The van der Waals surface area contributed by atoms with Crippen molar-refractivity contribution in [1.82, 2.24) is 5.32 Å². The normalized spacial score (nSPS) is 15.6. The molecule has 1 aromatic rings. The molecule has 0 amide bonds. The lowest BCUT2D eigenvalue weighted by atomic mass is 10.1. The third-order valence-corrected chi connectivity index (χ3v) is 3.87. The van der Waals surface area contributed by atoms with Crippen LogP contribution in [0.2, 0.25) is 0 Å². The van der Waals surface area contributed by atoms with Crippen LogP contribution in [0.15, 0.2) is 21.6 Å². The van der Waals surface area contributed by atoms with Gasteiger partial charge in [0.05, 0.1) is 12.1 Å². The van der Waals surface area contributed by atoms with Crippen molar-refractivity contribution in [1.29, 1.82) is 0 Å². The van der Waals surface area contributed by atoms with Gasteiger partial charge in [0.15, 0.2) is 0 Å². The number of hydrogen-bond donors (Lipinski definition) is 3. The molecule has 1 aromatic heterocycles. The van der Waals surface area contributed by atoms with E-state index in [4.69, 9.17) is 9.56 Å². The van der Waals surface area contributed by atoms with E-state index in [0.29, 0.717) is 24.6 Å². The van der Waals surface area contributed by atoms with Crippen LogP contribution in [0, 0.1) is 0 Å². The van der Waals surface area contributed by atoms with Gasteiger partial charge in [-0.15, -0.1) is 0 Å². The number of nitrogens with one attached hydrogen (secondary N) is 1. The van der Waals surface area contributed by atoms with Gasteiger partial charge in [0.1, 0.15) is 5.76 Å². The quantitative estimate of drug-likeness (QED) is 0.660. The average molecular weight is 294 g/mol. The molecule has 0 saturated carbocycles.